The number of anilines is 1. The van der Waals surface area contributed by atoms with Crippen LogP contribution in [0.25, 0.3) is 0 Å². The highest BCUT2D eigenvalue weighted by molar-refractivity contribution is 5.47. The number of aromatic nitrogens is 2. The van der Waals surface area contributed by atoms with Gasteiger partial charge in [0.15, 0.2) is 0 Å². The van der Waals surface area contributed by atoms with E-state index in [2.05, 4.69) is 48.1 Å². The van der Waals surface area contributed by atoms with Gasteiger partial charge in [0.25, 0.3) is 0 Å². The largest absolute Gasteiger partial charge is 0.396 e. The number of nitrogens with two attached hydrogens (primary N) is 1. The fourth-order valence-electron chi connectivity index (χ4n) is 2.54. The third-order valence-corrected chi connectivity index (χ3v) is 3.58. The molecule has 1 aliphatic carbocycles. The molecular weight excluding hydrogens is 222 g/mol. The molecule has 0 fully saturated rings. The first-order valence-corrected chi connectivity index (χ1v) is 6.37. The van der Waals surface area contributed by atoms with E-state index in [4.69, 9.17) is 5.73 Å². The molecule has 1 atom stereocenters. The Morgan fingerprint density at radius 1 is 1.28 bits per heavy atom. The molecule has 0 saturated carbocycles. The van der Waals surface area contributed by atoms with Crippen molar-refractivity contribution in [3.63, 3.8) is 0 Å². The standard InChI is InChI=1S/C15H17N3/c1-9(2)14-13(16)8-17-15(18-14)12-7-10-5-3-4-6-11(10)12/h3-6,8-9,12H,7,16H2,1-2H3. The SMILES string of the molecule is CC(C)c1nc(C2Cc3ccccc32)ncc1N. The van der Waals surface area contributed by atoms with Crippen LogP contribution in [0.3, 0.4) is 0 Å². The van der Waals surface area contributed by atoms with E-state index in [-0.39, 0.29) is 0 Å². The van der Waals surface area contributed by atoms with E-state index in [1.807, 2.05) is 0 Å². The van der Waals surface area contributed by atoms with Crippen LogP contribution in [-0.4, -0.2) is 9.97 Å². The van der Waals surface area contributed by atoms with E-state index in [0.29, 0.717) is 17.5 Å². The summed E-state index contributed by atoms with van der Waals surface area (Å²) in [6.45, 7) is 4.22. The van der Waals surface area contributed by atoms with Gasteiger partial charge >= 0.3 is 0 Å². The second-order valence-electron chi connectivity index (χ2n) is 5.18. The Morgan fingerprint density at radius 3 is 2.78 bits per heavy atom. The van der Waals surface area contributed by atoms with Gasteiger partial charge in [0.1, 0.15) is 5.82 Å². The van der Waals surface area contributed by atoms with Gasteiger partial charge in [-0.3, -0.25) is 0 Å². The Labute approximate surface area is 107 Å². The van der Waals surface area contributed by atoms with Gasteiger partial charge in [-0.05, 0) is 23.5 Å². The Balaban J connectivity index is 1.98. The molecule has 92 valence electrons. The molecule has 0 bridgehead atoms. The van der Waals surface area contributed by atoms with Crippen LogP contribution >= 0.6 is 0 Å². The molecular formula is C15H17N3. The van der Waals surface area contributed by atoms with Gasteiger partial charge < -0.3 is 5.73 Å². The first-order chi connectivity index (χ1) is 8.66. The average Bonchev–Trinajstić information content (AvgIpc) is 2.32. The topological polar surface area (TPSA) is 51.8 Å². The summed E-state index contributed by atoms with van der Waals surface area (Å²) in [5.41, 5.74) is 10.3. The smallest absolute Gasteiger partial charge is 0.136 e. The Morgan fingerprint density at radius 2 is 2.06 bits per heavy atom. The lowest BCUT2D eigenvalue weighted by Gasteiger charge is -2.29. The number of benzene rings is 1. The molecule has 1 aliphatic rings. The van der Waals surface area contributed by atoms with Crippen molar-refractivity contribution in [2.75, 3.05) is 5.73 Å². The maximum Gasteiger partial charge on any atom is 0.136 e. The molecule has 3 nitrogen and oxygen atoms in total. The fraction of sp³-hybridized carbons (Fsp3) is 0.333. The van der Waals surface area contributed by atoms with Gasteiger partial charge in [-0.2, -0.15) is 0 Å². The minimum atomic E-state index is 0.335. The molecule has 0 saturated heterocycles. The van der Waals surface area contributed by atoms with Gasteiger partial charge in [0.05, 0.1) is 17.6 Å². The van der Waals surface area contributed by atoms with E-state index < -0.39 is 0 Å². The minimum Gasteiger partial charge on any atom is -0.396 e. The Kier molecular flexibility index (Phi) is 2.54. The quantitative estimate of drug-likeness (QED) is 0.876. The minimum absolute atomic E-state index is 0.335. The zero-order chi connectivity index (χ0) is 12.7. The maximum atomic E-state index is 5.92. The van der Waals surface area contributed by atoms with E-state index in [0.717, 1.165) is 17.9 Å². The molecule has 1 unspecified atom stereocenters. The van der Waals surface area contributed by atoms with E-state index in [9.17, 15) is 0 Å². The number of hydrogen-bond acceptors (Lipinski definition) is 3. The number of nitrogens with zero attached hydrogens (tertiary/aromatic N) is 2. The van der Waals surface area contributed by atoms with E-state index >= 15 is 0 Å². The molecule has 0 amide bonds. The van der Waals surface area contributed by atoms with Gasteiger partial charge in [0.2, 0.25) is 0 Å². The summed E-state index contributed by atoms with van der Waals surface area (Å²) in [5.74, 6) is 1.59. The van der Waals surface area contributed by atoms with Crippen molar-refractivity contribution in [2.45, 2.75) is 32.1 Å². The second-order valence-corrected chi connectivity index (χ2v) is 5.18. The summed E-state index contributed by atoms with van der Waals surface area (Å²) in [4.78, 5) is 9.06. The van der Waals surface area contributed by atoms with Crippen molar-refractivity contribution >= 4 is 5.69 Å². The van der Waals surface area contributed by atoms with Crippen molar-refractivity contribution in [1.29, 1.82) is 0 Å². The third-order valence-electron chi connectivity index (χ3n) is 3.58. The summed E-state index contributed by atoms with van der Waals surface area (Å²) in [6.07, 6.45) is 2.79. The maximum absolute atomic E-state index is 5.92. The predicted molar refractivity (Wildman–Crippen MR) is 72.5 cm³/mol. The molecule has 3 rings (SSSR count). The van der Waals surface area contributed by atoms with Crippen LogP contribution in [0.15, 0.2) is 30.5 Å². The summed E-state index contributed by atoms with van der Waals surface area (Å²) >= 11 is 0. The first kappa shape index (κ1) is 11.2. The molecule has 1 aromatic heterocycles. The van der Waals surface area contributed by atoms with Gasteiger partial charge in [-0.15, -0.1) is 0 Å². The molecule has 0 aliphatic heterocycles. The highest BCUT2D eigenvalue weighted by atomic mass is 14.9. The van der Waals surface area contributed by atoms with Crippen LogP contribution < -0.4 is 5.73 Å². The number of hydrogen-bond donors (Lipinski definition) is 1. The van der Waals surface area contributed by atoms with Crippen molar-refractivity contribution < 1.29 is 0 Å². The van der Waals surface area contributed by atoms with Crippen LogP contribution in [0.2, 0.25) is 0 Å². The molecule has 2 N–H and O–H groups in total. The zero-order valence-electron chi connectivity index (χ0n) is 10.7. The van der Waals surface area contributed by atoms with Gasteiger partial charge in [-0.25, -0.2) is 9.97 Å². The third kappa shape index (κ3) is 1.67. The Bertz CT molecular complexity index is 590. The van der Waals surface area contributed by atoms with Crippen LogP contribution in [0.4, 0.5) is 5.69 Å². The van der Waals surface area contributed by atoms with Gasteiger partial charge in [-0.1, -0.05) is 38.1 Å². The summed E-state index contributed by atoms with van der Waals surface area (Å²) in [5, 5.41) is 0. The van der Waals surface area contributed by atoms with Gasteiger partial charge in [0, 0.05) is 5.92 Å². The molecule has 2 aromatic rings. The highest BCUT2D eigenvalue weighted by Crippen LogP contribution is 2.38. The molecule has 18 heavy (non-hydrogen) atoms. The Hall–Kier alpha value is -1.90. The lowest BCUT2D eigenvalue weighted by atomic mass is 9.77. The highest BCUT2D eigenvalue weighted by Gasteiger charge is 2.29. The molecule has 1 aromatic carbocycles. The van der Waals surface area contributed by atoms with Crippen molar-refractivity contribution in [1.82, 2.24) is 9.97 Å². The predicted octanol–water partition coefficient (Wildman–Crippen LogP) is 2.87. The lowest BCUT2D eigenvalue weighted by molar-refractivity contribution is 0.647. The molecule has 1 heterocycles. The summed E-state index contributed by atoms with van der Waals surface area (Å²) in [6, 6.07) is 8.49. The summed E-state index contributed by atoms with van der Waals surface area (Å²) in [7, 11) is 0. The average molecular weight is 239 g/mol. The van der Waals surface area contributed by atoms with Crippen LogP contribution in [0, 0.1) is 0 Å². The fourth-order valence-corrected chi connectivity index (χ4v) is 2.54. The molecule has 3 heteroatoms. The number of fused-ring (bicyclic) bond motifs is 1. The van der Waals surface area contributed by atoms with Crippen molar-refractivity contribution in [3.05, 3.63) is 53.1 Å². The number of nitrogen functional groups attached to an aromatic ring is 1. The van der Waals surface area contributed by atoms with Crippen LogP contribution in [-0.2, 0) is 6.42 Å². The van der Waals surface area contributed by atoms with Crippen LogP contribution in [0.5, 0.6) is 0 Å². The van der Waals surface area contributed by atoms with E-state index in [1.54, 1.807) is 6.20 Å². The van der Waals surface area contributed by atoms with Crippen molar-refractivity contribution in [3.8, 4) is 0 Å². The summed E-state index contributed by atoms with van der Waals surface area (Å²) < 4.78 is 0. The molecule has 0 radical (unpaired) electrons. The van der Waals surface area contributed by atoms with E-state index in [1.165, 1.54) is 11.1 Å². The lowest BCUT2D eigenvalue weighted by Crippen LogP contribution is -2.21. The number of rotatable bonds is 2. The first-order valence-electron chi connectivity index (χ1n) is 6.37. The second kappa shape index (κ2) is 4.09. The normalized spacial score (nSPS) is 17.4. The van der Waals surface area contributed by atoms with Crippen LogP contribution in [0.1, 0.15) is 48.3 Å². The van der Waals surface area contributed by atoms with Crippen molar-refractivity contribution in [2.24, 2.45) is 0 Å². The monoisotopic (exact) mass is 239 g/mol. The zero-order valence-corrected chi connectivity index (χ0v) is 10.7. The molecule has 0 spiro atoms.